The van der Waals surface area contributed by atoms with Crippen molar-refractivity contribution in [2.75, 3.05) is 6.54 Å². The van der Waals surface area contributed by atoms with Crippen LogP contribution in [-0.4, -0.2) is 63.5 Å². The van der Waals surface area contributed by atoms with E-state index in [2.05, 4.69) is 5.32 Å². The molecule has 3 amide bonds. The van der Waals surface area contributed by atoms with Crippen LogP contribution in [0.2, 0.25) is 0 Å². The Balaban J connectivity index is 2.94. The number of unbranched alkanes of at least 4 members (excludes halogenated alkanes) is 2. The molecule has 0 aliphatic carbocycles. The maximum Gasteiger partial charge on any atom is 0.326 e. The number of nitrogens with one attached hydrogen (secondary N) is 1. The Kier molecular flexibility index (Phi) is 9.37. The van der Waals surface area contributed by atoms with Crippen molar-refractivity contribution in [3.8, 4) is 0 Å². The van der Waals surface area contributed by atoms with E-state index >= 15 is 0 Å². The van der Waals surface area contributed by atoms with Crippen LogP contribution in [0.4, 0.5) is 0 Å². The number of amides is 3. The number of likely N-dealkylation sites (tertiary alicyclic amines) is 1. The smallest absolute Gasteiger partial charge is 0.326 e. The molecule has 0 spiro atoms. The first-order valence-corrected chi connectivity index (χ1v) is 9.92. The topological polar surface area (TPSA) is 150 Å². The van der Waals surface area contributed by atoms with Gasteiger partial charge in [-0.2, -0.15) is 0 Å². The van der Waals surface area contributed by atoms with E-state index in [1.807, 2.05) is 6.92 Å². The van der Waals surface area contributed by atoms with Crippen LogP contribution in [0, 0.1) is 11.8 Å². The number of carbonyl (C=O) groups is 4. The van der Waals surface area contributed by atoms with Crippen LogP contribution in [0.1, 0.15) is 59.3 Å². The zero-order chi connectivity index (χ0) is 21.4. The predicted octanol–water partition coefficient (Wildman–Crippen LogP) is 0.246. The van der Waals surface area contributed by atoms with Crippen LogP contribution in [-0.2, 0) is 19.2 Å². The van der Waals surface area contributed by atoms with Crippen LogP contribution < -0.4 is 11.1 Å². The number of primary amides is 1. The summed E-state index contributed by atoms with van der Waals surface area (Å²) < 4.78 is 0. The minimum absolute atomic E-state index is 0.268. The van der Waals surface area contributed by atoms with Gasteiger partial charge in [0.2, 0.25) is 17.7 Å². The molecule has 0 radical (unpaired) electrons. The van der Waals surface area contributed by atoms with Crippen LogP contribution >= 0.6 is 0 Å². The Morgan fingerprint density at radius 1 is 1.21 bits per heavy atom. The highest BCUT2D eigenvalue weighted by Crippen LogP contribution is 2.21. The second-order valence-corrected chi connectivity index (χ2v) is 7.71. The van der Waals surface area contributed by atoms with Gasteiger partial charge in [0.15, 0.2) is 0 Å². The van der Waals surface area contributed by atoms with Crippen LogP contribution in [0.5, 0.6) is 0 Å². The third-order valence-corrected chi connectivity index (χ3v) is 5.18. The van der Waals surface area contributed by atoms with Gasteiger partial charge in [0, 0.05) is 6.54 Å². The Morgan fingerprint density at radius 3 is 2.36 bits per heavy atom. The van der Waals surface area contributed by atoms with Crippen LogP contribution in [0.25, 0.3) is 0 Å². The number of nitrogens with zero attached hydrogens (tertiary/aromatic N) is 1. The number of hydrogen-bond acceptors (Lipinski definition) is 5. The molecule has 0 saturated carbocycles. The van der Waals surface area contributed by atoms with Gasteiger partial charge in [-0.15, -0.1) is 0 Å². The second kappa shape index (κ2) is 11.0. The maximum absolute atomic E-state index is 12.9. The molecule has 9 heteroatoms. The zero-order valence-electron chi connectivity index (χ0n) is 16.9. The minimum Gasteiger partial charge on any atom is -0.480 e. The number of hydrogen-bond donors (Lipinski definition) is 4. The monoisotopic (exact) mass is 399 g/mol. The highest BCUT2D eigenvalue weighted by Gasteiger charge is 2.40. The van der Waals surface area contributed by atoms with E-state index in [0.29, 0.717) is 25.8 Å². The summed E-state index contributed by atoms with van der Waals surface area (Å²) in [6.45, 7) is 5.79. The first-order chi connectivity index (χ1) is 13.1. The van der Waals surface area contributed by atoms with Gasteiger partial charge in [0.25, 0.3) is 0 Å². The van der Waals surface area contributed by atoms with Crippen molar-refractivity contribution in [2.45, 2.75) is 77.5 Å². The number of carboxylic acid groups (broad SMARTS) is 1. The molecule has 1 heterocycles. The Bertz CT molecular complexity index is 580. The fraction of sp³-hybridized carbons (Fsp3) is 0.789. The SMILES string of the molecule is CCCCCC(C(=O)N[C@H](C(=O)N1CCC[C@H]1C(=O)O)C(C)C)C(O)C(N)=O. The number of carboxylic acids is 1. The maximum atomic E-state index is 12.9. The number of aliphatic carboxylic acids is 1. The molecule has 0 aromatic heterocycles. The fourth-order valence-corrected chi connectivity index (χ4v) is 3.48. The summed E-state index contributed by atoms with van der Waals surface area (Å²) in [7, 11) is 0. The quantitative estimate of drug-likeness (QED) is 0.366. The molecular formula is C19H33N3O6. The molecule has 4 atom stereocenters. The van der Waals surface area contributed by atoms with Gasteiger partial charge in [0.05, 0.1) is 5.92 Å². The van der Waals surface area contributed by atoms with E-state index < -0.39 is 47.8 Å². The normalized spacial score (nSPS) is 19.9. The van der Waals surface area contributed by atoms with Crippen molar-refractivity contribution in [1.29, 1.82) is 0 Å². The molecule has 1 fully saturated rings. The largest absolute Gasteiger partial charge is 0.480 e. The van der Waals surface area contributed by atoms with Crippen molar-refractivity contribution in [3.63, 3.8) is 0 Å². The molecule has 9 nitrogen and oxygen atoms in total. The van der Waals surface area contributed by atoms with Crippen molar-refractivity contribution in [3.05, 3.63) is 0 Å². The van der Waals surface area contributed by atoms with E-state index in [0.717, 1.165) is 12.8 Å². The summed E-state index contributed by atoms with van der Waals surface area (Å²) in [6.07, 6.45) is 1.95. The summed E-state index contributed by atoms with van der Waals surface area (Å²) >= 11 is 0. The standard InChI is InChI=1S/C19H33N3O6/c1-4-5-6-8-12(15(23)16(20)24)17(25)21-14(11(2)3)18(26)22-10-7-9-13(22)19(27)28/h11-15,23H,4-10H2,1-3H3,(H2,20,24)(H,21,25)(H,27,28)/t12?,13-,14-,15?/m0/s1. The fourth-order valence-electron chi connectivity index (χ4n) is 3.48. The molecular weight excluding hydrogens is 366 g/mol. The molecule has 5 N–H and O–H groups in total. The van der Waals surface area contributed by atoms with Crippen LogP contribution in [0.15, 0.2) is 0 Å². The lowest BCUT2D eigenvalue weighted by molar-refractivity contribution is -0.150. The Hall–Kier alpha value is -2.16. The summed E-state index contributed by atoms with van der Waals surface area (Å²) in [5.41, 5.74) is 5.17. The van der Waals surface area contributed by atoms with E-state index in [1.165, 1.54) is 4.90 Å². The lowest BCUT2D eigenvalue weighted by Gasteiger charge is -2.31. The number of carbonyl (C=O) groups excluding carboxylic acids is 3. The molecule has 1 saturated heterocycles. The lowest BCUT2D eigenvalue weighted by atomic mass is 9.92. The van der Waals surface area contributed by atoms with Crippen molar-refractivity contribution in [1.82, 2.24) is 10.2 Å². The molecule has 0 aromatic rings. The van der Waals surface area contributed by atoms with Crippen molar-refractivity contribution >= 4 is 23.7 Å². The number of nitrogens with two attached hydrogens (primary N) is 1. The summed E-state index contributed by atoms with van der Waals surface area (Å²) in [5, 5.41) is 22.0. The molecule has 1 rings (SSSR count). The lowest BCUT2D eigenvalue weighted by Crippen LogP contribution is -2.56. The van der Waals surface area contributed by atoms with Gasteiger partial charge in [-0.25, -0.2) is 4.79 Å². The minimum atomic E-state index is -1.64. The first kappa shape index (κ1) is 23.9. The predicted molar refractivity (Wildman–Crippen MR) is 102 cm³/mol. The third-order valence-electron chi connectivity index (χ3n) is 5.18. The van der Waals surface area contributed by atoms with Gasteiger partial charge < -0.3 is 26.2 Å². The van der Waals surface area contributed by atoms with E-state index in [1.54, 1.807) is 13.8 Å². The molecule has 160 valence electrons. The van der Waals surface area contributed by atoms with E-state index in [-0.39, 0.29) is 12.3 Å². The molecule has 0 bridgehead atoms. The van der Waals surface area contributed by atoms with Gasteiger partial charge in [-0.1, -0.05) is 40.0 Å². The average molecular weight is 399 g/mol. The molecule has 1 aliphatic heterocycles. The molecule has 28 heavy (non-hydrogen) atoms. The molecule has 0 aromatic carbocycles. The van der Waals surface area contributed by atoms with Crippen LogP contribution in [0.3, 0.4) is 0 Å². The highest BCUT2D eigenvalue weighted by molar-refractivity contribution is 5.93. The second-order valence-electron chi connectivity index (χ2n) is 7.71. The zero-order valence-corrected chi connectivity index (χ0v) is 16.9. The van der Waals surface area contributed by atoms with Gasteiger partial charge >= 0.3 is 5.97 Å². The molecule has 1 aliphatic rings. The third kappa shape index (κ3) is 6.19. The Morgan fingerprint density at radius 2 is 1.86 bits per heavy atom. The Labute approximate surface area is 165 Å². The molecule has 2 unspecified atom stereocenters. The highest BCUT2D eigenvalue weighted by atomic mass is 16.4. The average Bonchev–Trinajstić information content (AvgIpc) is 3.11. The van der Waals surface area contributed by atoms with E-state index in [4.69, 9.17) is 5.73 Å². The first-order valence-electron chi connectivity index (χ1n) is 9.92. The number of rotatable bonds is 11. The van der Waals surface area contributed by atoms with Crippen molar-refractivity contribution < 1.29 is 29.4 Å². The summed E-state index contributed by atoms with van der Waals surface area (Å²) in [5.74, 6) is -4.49. The van der Waals surface area contributed by atoms with Gasteiger partial charge in [-0.3, -0.25) is 14.4 Å². The van der Waals surface area contributed by atoms with E-state index in [9.17, 15) is 29.4 Å². The number of aliphatic hydroxyl groups is 1. The number of aliphatic hydroxyl groups excluding tert-OH is 1. The summed E-state index contributed by atoms with van der Waals surface area (Å²) in [6, 6.07) is -1.84. The summed E-state index contributed by atoms with van der Waals surface area (Å²) in [4.78, 5) is 49.8. The van der Waals surface area contributed by atoms with Crippen molar-refractivity contribution in [2.24, 2.45) is 17.6 Å². The van der Waals surface area contributed by atoms with Gasteiger partial charge in [0.1, 0.15) is 18.2 Å². The van der Waals surface area contributed by atoms with Gasteiger partial charge in [-0.05, 0) is 25.2 Å².